The van der Waals surface area contributed by atoms with Crippen LogP contribution < -0.4 is 0 Å². The molecule has 30 heavy (non-hydrogen) atoms. The third kappa shape index (κ3) is 5.11. The molecule has 0 aliphatic carbocycles. The van der Waals surface area contributed by atoms with Crippen molar-refractivity contribution in [3.8, 4) is 0 Å². The predicted molar refractivity (Wildman–Crippen MR) is 111 cm³/mol. The van der Waals surface area contributed by atoms with Crippen LogP contribution in [-0.4, -0.2) is 55.3 Å². The average molecular weight is 419 g/mol. The summed E-state index contributed by atoms with van der Waals surface area (Å²) >= 11 is 0. The molecule has 0 spiro atoms. The monoisotopic (exact) mass is 418 g/mol. The minimum atomic E-state index is -0.677. The van der Waals surface area contributed by atoms with Crippen molar-refractivity contribution in [3.05, 3.63) is 35.9 Å². The highest BCUT2D eigenvalue weighted by atomic mass is 16.8. The van der Waals surface area contributed by atoms with E-state index in [0.717, 1.165) is 37.7 Å². The first-order chi connectivity index (χ1) is 14.4. The standard InChI is InChI=1S/C24H34O6/c1-16-12-20-19(10-7-11-26-20)28-21(23-22(16)29-24(2,3)30-23)13-18(14-25)27-15-17-8-5-4-6-9-17/h4-6,8-9,14,16,18-23H,7,10-13,15H2,1-3H3/t16-,18-,19-,20+,21+,22-,23+/m0/s1. The summed E-state index contributed by atoms with van der Waals surface area (Å²) in [4.78, 5) is 11.8. The molecule has 4 rings (SSSR count). The van der Waals surface area contributed by atoms with E-state index in [1.807, 2.05) is 44.2 Å². The van der Waals surface area contributed by atoms with E-state index in [1.165, 1.54) is 0 Å². The third-order valence-electron chi connectivity index (χ3n) is 6.35. The number of carbonyl (C=O) groups excluding carboxylic acids is 1. The summed E-state index contributed by atoms with van der Waals surface area (Å²) < 4.78 is 31.1. The maximum absolute atomic E-state index is 11.8. The Morgan fingerprint density at radius 3 is 2.70 bits per heavy atom. The van der Waals surface area contributed by atoms with Crippen molar-refractivity contribution in [1.82, 2.24) is 0 Å². The van der Waals surface area contributed by atoms with E-state index in [0.29, 0.717) is 13.0 Å². The van der Waals surface area contributed by atoms with Crippen molar-refractivity contribution in [2.75, 3.05) is 6.61 Å². The van der Waals surface area contributed by atoms with Gasteiger partial charge in [-0.2, -0.15) is 0 Å². The Morgan fingerprint density at radius 1 is 1.17 bits per heavy atom. The fourth-order valence-corrected chi connectivity index (χ4v) is 4.89. The molecule has 0 N–H and O–H groups in total. The molecule has 0 amide bonds. The Hall–Kier alpha value is -1.31. The molecule has 7 atom stereocenters. The lowest BCUT2D eigenvalue weighted by atomic mass is 9.85. The molecule has 166 valence electrons. The Balaban J connectivity index is 1.50. The number of aldehydes is 1. The number of fused-ring (bicyclic) bond motifs is 2. The SMILES string of the molecule is C[C@H]1C[C@H]2OCCC[C@@H]2O[C@H](C[C@@H](C=O)OCc2ccccc2)[C@H]2OC(C)(C)O[C@H]21. The fourth-order valence-electron chi connectivity index (χ4n) is 4.89. The van der Waals surface area contributed by atoms with Gasteiger partial charge in [0.25, 0.3) is 0 Å². The summed E-state index contributed by atoms with van der Waals surface area (Å²) in [7, 11) is 0. The summed E-state index contributed by atoms with van der Waals surface area (Å²) in [6.45, 7) is 7.24. The van der Waals surface area contributed by atoms with Gasteiger partial charge in [0.2, 0.25) is 0 Å². The minimum absolute atomic E-state index is 0.0147. The molecule has 0 aromatic heterocycles. The summed E-state index contributed by atoms with van der Waals surface area (Å²) in [5.74, 6) is -0.405. The van der Waals surface area contributed by atoms with Crippen molar-refractivity contribution in [2.45, 2.75) is 95.5 Å². The normalized spacial score (nSPS) is 36.8. The molecular formula is C24H34O6. The van der Waals surface area contributed by atoms with Gasteiger partial charge < -0.3 is 28.5 Å². The van der Waals surface area contributed by atoms with Gasteiger partial charge in [0, 0.05) is 13.0 Å². The molecule has 6 heteroatoms. The molecule has 1 aromatic rings. The summed E-state index contributed by atoms with van der Waals surface area (Å²) in [5.41, 5.74) is 1.04. The van der Waals surface area contributed by atoms with Crippen molar-refractivity contribution < 1.29 is 28.5 Å². The van der Waals surface area contributed by atoms with Crippen LogP contribution in [0.5, 0.6) is 0 Å². The molecule has 3 saturated heterocycles. The van der Waals surface area contributed by atoms with Crippen LogP contribution >= 0.6 is 0 Å². The van der Waals surface area contributed by atoms with Gasteiger partial charge in [0.15, 0.2) is 5.79 Å². The largest absolute Gasteiger partial charge is 0.376 e. The van der Waals surface area contributed by atoms with E-state index < -0.39 is 11.9 Å². The maximum Gasteiger partial charge on any atom is 0.163 e. The van der Waals surface area contributed by atoms with Crippen molar-refractivity contribution in [2.24, 2.45) is 5.92 Å². The quantitative estimate of drug-likeness (QED) is 0.657. The third-order valence-corrected chi connectivity index (χ3v) is 6.35. The first-order valence-electron chi connectivity index (χ1n) is 11.2. The second-order valence-electron chi connectivity index (χ2n) is 9.25. The van der Waals surface area contributed by atoms with Crippen molar-refractivity contribution in [1.29, 1.82) is 0 Å². The lowest BCUT2D eigenvalue weighted by Crippen LogP contribution is -2.51. The van der Waals surface area contributed by atoms with Gasteiger partial charge in [-0.1, -0.05) is 37.3 Å². The molecule has 0 radical (unpaired) electrons. The highest BCUT2D eigenvalue weighted by molar-refractivity contribution is 5.56. The summed E-state index contributed by atoms with van der Waals surface area (Å²) in [6.07, 6.45) is 3.03. The number of carbonyl (C=O) groups is 1. The molecule has 3 aliphatic heterocycles. The molecule has 0 bridgehead atoms. The highest BCUT2D eigenvalue weighted by Gasteiger charge is 2.51. The number of ether oxygens (including phenoxy) is 5. The van der Waals surface area contributed by atoms with Crippen molar-refractivity contribution >= 4 is 6.29 Å². The van der Waals surface area contributed by atoms with Gasteiger partial charge in [-0.3, -0.25) is 0 Å². The number of hydrogen-bond donors (Lipinski definition) is 0. The van der Waals surface area contributed by atoms with Crippen molar-refractivity contribution in [3.63, 3.8) is 0 Å². The van der Waals surface area contributed by atoms with Gasteiger partial charge in [0.1, 0.15) is 18.5 Å². The van der Waals surface area contributed by atoms with Gasteiger partial charge in [-0.05, 0) is 44.6 Å². The van der Waals surface area contributed by atoms with E-state index in [2.05, 4.69) is 6.92 Å². The van der Waals surface area contributed by atoms with Crippen LogP contribution in [0.25, 0.3) is 0 Å². The van der Waals surface area contributed by atoms with E-state index in [-0.39, 0.29) is 36.4 Å². The molecular weight excluding hydrogens is 384 g/mol. The van der Waals surface area contributed by atoms with Crippen LogP contribution in [0.4, 0.5) is 0 Å². The second kappa shape index (κ2) is 9.45. The minimum Gasteiger partial charge on any atom is -0.376 e. The lowest BCUT2D eigenvalue weighted by Gasteiger charge is -2.42. The van der Waals surface area contributed by atoms with Crippen LogP contribution in [0, 0.1) is 5.92 Å². The molecule has 0 saturated carbocycles. The average Bonchev–Trinajstić information content (AvgIpc) is 3.06. The van der Waals surface area contributed by atoms with E-state index in [1.54, 1.807) is 0 Å². The Kier molecular flexibility index (Phi) is 6.90. The van der Waals surface area contributed by atoms with Crippen LogP contribution in [0.1, 0.15) is 52.0 Å². The molecule has 0 unspecified atom stereocenters. The Bertz CT molecular complexity index is 692. The Labute approximate surface area is 179 Å². The fraction of sp³-hybridized carbons (Fsp3) is 0.708. The lowest BCUT2D eigenvalue weighted by molar-refractivity contribution is -0.192. The molecule has 6 nitrogen and oxygen atoms in total. The molecule has 3 heterocycles. The summed E-state index contributed by atoms with van der Waals surface area (Å²) in [5, 5.41) is 0. The van der Waals surface area contributed by atoms with Gasteiger partial charge in [-0.15, -0.1) is 0 Å². The van der Waals surface area contributed by atoms with Crippen LogP contribution in [0.15, 0.2) is 30.3 Å². The van der Waals surface area contributed by atoms with Gasteiger partial charge >= 0.3 is 0 Å². The predicted octanol–water partition coefficient (Wildman–Crippen LogP) is 3.65. The van der Waals surface area contributed by atoms with Gasteiger partial charge in [0.05, 0.1) is 31.0 Å². The molecule has 1 aromatic carbocycles. The Morgan fingerprint density at radius 2 is 1.93 bits per heavy atom. The van der Waals surface area contributed by atoms with Crippen LogP contribution in [-0.2, 0) is 35.1 Å². The molecule has 3 fully saturated rings. The zero-order chi connectivity index (χ0) is 21.1. The summed E-state index contributed by atoms with van der Waals surface area (Å²) in [6, 6.07) is 9.88. The first-order valence-corrected chi connectivity index (χ1v) is 11.2. The second-order valence-corrected chi connectivity index (χ2v) is 9.25. The zero-order valence-electron chi connectivity index (χ0n) is 18.2. The smallest absolute Gasteiger partial charge is 0.163 e. The van der Waals surface area contributed by atoms with E-state index in [9.17, 15) is 4.79 Å². The highest BCUT2D eigenvalue weighted by Crippen LogP contribution is 2.41. The maximum atomic E-state index is 11.8. The number of rotatable bonds is 6. The van der Waals surface area contributed by atoms with Crippen LogP contribution in [0.2, 0.25) is 0 Å². The number of benzene rings is 1. The van der Waals surface area contributed by atoms with Gasteiger partial charge in [-0.25, -0.2) is 0 Å². The molecule has 3 aliphatic rings. The van der Waals surface area contributed by atoms with E-state index in [4.69, 9.17) is 23.7 Å². The topological polar surface area (TPSA) is 63.2 Å². The number of hydrogen-bond acceptors (Lipinski definition) is 6. The zero-order valence-corrected chi connectivity index (χ0v) is 18.2. The van der Waals surface area contributed by atoms with E-state index >= 15 is 0 Å². The first kappa shape index (κ1) is 21.9. The van der Waals surface area contributed by atoms with Crippen LogP contribution in [0.3, 0.4) is 0 Å².